The second-order valence-electron chi connectivity index (χ2n) is 4.80. The molecule has 0 bridgehead atoms. The van der Waals surface area contributed by atoms with E-state index in [1.807, 2.05) is 44.2 Å². The van der Waals surface area contributed by atoms with Crippen molar-refractivity contribution in [1.82, 2.24) is 0 Å². The maximum Gasteiger partial charge on any atom is 0.181 e. The molecule has 0 aromatic heterocycles. The summed E-state index contributed by atoms with van der Waals surface area (Å²) in [6, 6.07) is 11.4. The van der Waals surface area contributed by atoms with Gasteiger partial charge in [-0.2, -0.15) is 0 Å². The smallest absolute Gasteiger partial charge is 0.181 e. The molecule has 0 aliphatic carbocycles. The highest BCUT2D eigenvalue weighted by molar-refractivity contribution is 6.35. The van der Waals surface area contributed by atoms with Crippen LogP contribution in [0.3, 0.4) is 0 Å². The van der Waals surface area contributed by atoms with Crippen LogP contribution in [-0.4, -0.2) is 17.3 Å². The first kappa shape index (κ1) is 13.9. The first-order chi connectivity index (χ1) is 9.00. The third kappa shape index (κ3) is 2.90. The second-order valence-corrected chi connectivity index (χ2v) is 5.46. The van der Waals surface area contributed by atoms with Gasteiger partial charge >= 0.3 is 0 Å². The average Bonchev–Trinajstić information content (AvgIpc) is 2.37. The van der Waals surface area contributed by atoms with Crippen molar-refractivity contribution < 1.29 is 9.53 Å². The fraction of sp³-hybridized carbons (Fsp3) is 0.312. The lowest BCUT2D eigenvalue weighted by Crippen LogP contribution is -2.12. The van der Waals surface area contributed by atoms with Crippen LogP contribution in [0.25, 0.3) is 10.8 Å². The summed E-state index contributed by atoms with van der Waals surface area (Å²) in [5, 5.41) is 1.30. The van der Waals surface area contributed by atoms with E-state index >= 15 is 0 Å². The maximum absolute atomic E-state index is 12.1. The molecule has 19 heavy (non-hydrogen) atoms. The van der Waals surface area contributed by atoms with Gasteiger partial charge in [0, 0.05) is 10.9 Å². The highest BCUT2D eigenvalue weighted by Crippen LogP contribution is 2.30. The van der Waals surface area contributed by atoms with Gasteiger partial charge in [0.25, 0.3) is 0 Å². The van der Waals surface area contributed by atoms with Crippen molar-refractivity contribution in [2.24, 2.45) is 0 Å². The highest BCUT2D eigenvalue weighted by atomic mass is 35.5. The molecule has 2 rings (SSSR count). The van der Waals surface area contributed by atoms with Crippen LogP contribution in [0.1, 0.15) is 31.1 Å². The topological polar surface area (TPSA) is 26.3 Å². The minimum atomic E-state index is -0.528. The van der Waals surface area contributed by atoms with Crippen LogP contribution in [0.4, 0.5) is 0 Å². The summed E-state index contributed by atoms with van der Waals surface area (Å²) in [7, 11) is 0. The number of benzene rings is 2. The van der Waals surface area contributed by atoms with Gasteiger partial charge in [-0.3, -0.25) is 4.79 Å². The van der Waals surface area contributed by atoms with E-state index in [0.717, 1.165) is 16.5 Å². The molecule has 0 radical (unpaired) electrons. The lowest BCUT2D eigenvalue weighted by molar-refractivity contribution is 0.0993. The molecular weight excluding hydrogens is 260 g/mol. The Morgan fingerprint density at radius 2 is 1.68 bits per heavy atom. The van der Waals surface area contributed by atoms with Gasteiger partial charge < -0.3 is 4.74 Å². The van der Waals surface area contributed by atoms with Crippen molar-refractivity contribution in [1.29, 1.82) is 0 Å². The number of carbonyl (C=O) groups is 1. The number of hydrogen-bond acceptors (Lipinski definition) is 2. The van der Waals surface area contributed by atoms with Crippen molar-refractivity contribution in [2.45, 2.75) is 32.3 Å². The van der Waals surface area contributed by atoms with Crippen LogP contribution in [0.5, 0.6) is 5.75 Å². The molecule has 0 amide bonds. The molecular formula is C16H17ClO2. The molecule has 2 aromatic rings. The second kappa shape index (κ2) is 5.62. The van der Waals surface area contributed by atoms with Crippen LogP contribution < -0.4 is 4.74 Å². The van der Waals surface area contributed by atoms with Gasteiger partial charge in [-0.25, -0.2) is 0 Å². The SMILES string of the molecule is CC(C)Oc1ccc(C(=O)C(C)Cl)c2ccccc12. The van der Waals surface area contributed by atoms with Crippen LogP contribution in [0.2, 0.25) is 0 Å². The van der Waals surface area contributed by atoms with Gasteiger partial charge in [-0.1, -0.05) is 24.3 Å². The molecule has 1 atom stereocenters. The number of ether oxygens (including phenoxy) is 1. The fourth-order valence-corrected chi connectivity index (χ4v) is 2.17. The average molecular weight is 277 g/mol. The van der Waals surface area contributed by atoms with E-state index in [2.05, 4.69) is 0 Å². The van der Waals surface area contributed by atoms with Crippen molar-refractivity contribution in [3.63, 3.8) is 0 Å². The Hall–Kier alpha value is -1.54. The molecule has 0 aliphatic rings. The fourth-order valence-electron chi connectivity index (χ4n) is 2.06. The number of halogens is 1. The van der Waals surface area contributed by atoms with Crippen molar-refractivity contribution >= 4 is 28.2 Å². The van der Waals surface area contributed by atoms with Crippen molar-refractivity contribution in [3.8, 4) is 5.75 Å². The standard InChI is InChI=1S/C16H17ClO2/c1-10(2)19-15-9-8-14(16(18)11(3)17)12-6-4-5-7-13(12)15/h4-11H,1-3H3. The normalized spacial score (nSPS) is 12.7. The van der Waals surface area contributed by atoms with Gasteiger partial charge in [0.1, 0.15) is 5.75 Å². The molecule has 0 saturated carbocycles. The molecule has 3 heteroatoms. The molecule has 0 spiro atoms. The number of carbonyl (C=O) groups excluding carboxylic acids is 1. The molecule has 0 fully saturated rings. The first-order valence-electron chi connectivity index (χ1n) is 6.37. The molecule has 100 valence electrons. The van der Waals surface area contributed by atoms with Crippen molar-refractivity contribution in [3.05, 3.63) is 42.0 Å². The Bertz CT molecular complexity index is 603. The zero-order chi connectivity index (χ0) is 14.0. The van der Waals surface area contributed by atoms with Crippen molar-refractivity contribution in [2.75, 3.05) is 0 Å². The van der Waals surface area contributed by atoms with E-state index in [4.69, 9.17) is 16.3 Å². The molecule has 0 N–H and O–H groups in total. The van der Waals surface area contributed by atoms with Gasteiger partial charge in [0.05, 0.1) is 11.5 Å². The van der Waals surface area contributed by atoms with E-state index in [1.54, 1.807) is 13.0 Å². The summed E-state index contributed by atoms with van der Waals surface area (Å²) in [5.41, 5.74) is 0.647. The predicted molar refractivity (Wildman–Crippen MR) is 79.4 cm³/mol. The quantitative estimate of drug-likeness (QED) is 0.610. The maximum atomic E-state index is 12.1. The summed E-state index contributed by atoms with van der Waals surface area (Å²) in [6.45, 7) is 5.65. The summed E-state index contributed by atoms with van der Waals surface area (Å²) in [5.74, 6) is 0.735. The van der Waals surface area contributed by atoms with Gasteiger partial charge in [0.2, 0.25) is 0 Å². The zero-order valence-corrected chi connectivity index (χ0v) is 12.1. The molecule has 0 heterocycles. The Labute approximate surface area is 118 Å². The van der Waals surface area contributed by atoms with Crippen LogP contribution >= 0.6 is 11.6 Å². The number of alkyl halides is 1. The summed E-state index contributed by atoms with van der Waals surface area (Å²) in [6.07, 6.45) is 0.0944. The largest absolute Gasteiger partial charge is 0.490 e. The minimum Gasteiger partial charge on any atom is -0.490 e. The van der Waals surface area contributed by atoms with E-state index in [-0.39, 0.29) is 11.9 Å². The van der Waals surface area contributed by atoms with E-state index < -0.39 is 5.38 Å². The summed E-state index contributed by atoms with van der Waals surface area (Å²) < 4.78 is 5.78. The Morgan fingerprint density at radius 1 is 1.05 bits per heavy atom. The van der Waals surface area contributed by atoms with E-state index in [1.165, 1.54) is 0 Å². The van der Waals surface area contributed by atoms with Gasteiger partial charge in [-0.05, 0) is 38.3 Å². The van der Waals surface area contributed by atoms with Gasteiger partial charge in [0.15, 0.2) is 5.78 Å². The number of Topliss-reactive ketones (excluding diaryl/α,β-unsaturated/α-hetero) is 1. The lowest BCUT2D eigenvalue weighted by Gasteiger charge is -2.14. The molecule has 1 unspecified atom stereocenters. The van der Waals surface area contributed by atoms with E-state index in [9.17, 15) is 4.79 Å². The third-order valence-corrected chi connectivity index (χ3v) is 3.07. The Morgan fingerprint density at radius 3 is 2.26 bits per heavy atom. The number of fused-ring (bicyclic) bond motifs is 1. The van der Waals surface area contributed by atoms with Gasteiger partial charge in [-0.15, -0.1) is 11.6 Å². The molecule has 0 saturated heterocycles. The van der Waals surface area contributed by atoms with Crippen LogP contribution in [0.15, 0.2) is 36.4 Å². The minimum absolute atomic E-state index is 0.0611. The summed E-state index contributed by atoms with van der Waals surface area (Å²) in [4.78, 5) is 12.1. The summed E-state index contributed by atoms with van der Waals surface area (Å²) >= 11 is 5.91. The third-order valence-electron chi connectivity index (χ3n) is 2.87. The zero-order valence-electron chi connectivity index (χ0n) is 11.3. The Kier molecular flexibility index (Phi) is 4.11. The first-order valence-corrected chi connectivity index (χ1v) is 6.81. The lowest BCUT2D eigenvalue weighted by atomic mass is 9.99. The molecule has 2 nitrogen and oxygen atoms in total. The monoisotopic (exact) mass is 276 g/mol. The van der Waals surface area contributed by atoms with E-state index in [0.29, 0.717) is 5.56 Å². The number of rotatable bonds is 4. The number of ketones is 1. The number of hydrogen-bond donors (Lipinski definition) is 0. The Balaban J connectivity index is 2.61. The van der Waals surface area contributed by atoms with Crippen LogP contribution in [0, 0.1) is 0 Å². The highest BCUT2D eigenvalue weighted by Gasteiger charge is 2.17. The predicted octanol–water partition coefficient (Wildman–Crippen LogP) is 4.44. The molecule has 2 aromatic carbocycles. The van der Waals surface area contributed by atoms with Crippen LogP contribution in [-0.2, 0) is 0 Å². The molecule has 0 aliphatic heterocycles.